The van der Waals surface area contributed by atoms with Crippen molar-refractivity contribution in [1.82, 2.24) is 9.97 Å². The van der Waals surface area contributed by atoms with E-state index in [0.29, 0.717) is 55.2 Å². The number of halogens is 2. The lowest BCUT2D eigenvalue weighted by Gasteiger charge is -2.15. The molecule has 5 aromatic rings. The van der Waals surface area contributed by atoms with Gasteiger partial charge < -0.3 is 20.1 Å². The van der Waals surface area contributed by atoms with Gasteiger partial charge in [-0.1, -0.05) is 41.4 Å². The van der Waals surface area contributed by atoms with Gasteiger partial charge in [0, 0.05) is 35.1 Å². The largest absolute Gasteiger partial charge is 0.497 e. The molecule has 0 saturated heterocycles. The number of benzene rings is 4. The summed E-state index contributed by atoms with van der Waals surface area (Å²) in [5.41, 5.74) is 2.67. The Morgan fingerprint density at radius 1 is 0.756 bits per heavy atom. The van der Waals surface area contributed by atoms with Crippen LogP contribution in [0.5, 0.6) is 11.5 Å². The standard InChI is InChI=1S/C29H23Cl2N5O4S/c1-39-20-13-19(14-21(16-20)40-2)32-27-28(35-26-9-4-3-8-25(26)34-27)36-41(38)22-7-5-6-18(15-22)33-29(37)17-10-11-23(30)24(31)12-17/h3-16H,1-2H3,(H,32,34)(H,33,37)(H,35,36). The quantitative estimate of drug-likeness (QED) is 0.164. The average Bonchev–Trinajstić information content (AvgIpc) is 2.98. The number of methoxy groups -OCH3 is 2. The first-order valence-corrected chi connectivity index (χ1v) is 14.1. The van der Waals surface area contributed by atoms with Gasteiger partial charge >= 0.3 is 0 Å². The van der Waals surface area contributed by atoms with Gasteiger partial charge in [-0.15, -0.1) is 0 Å². The summed E-state index contributed by atoms with van der Waals surface area (Å²) in [6.07, 6.45) is 0. The SMILES string of the molecule is COc1cc(Nc2nc3ccccc3nc2NS(=O)c2cccc(NC(=O)c3ccc(Cl)c(Cl)c3)c2)cc(OC)c1. The van der Waals surface area contributed by atoms with Crippen molar-refractivity contribution >= 4 is 74.1 Å². The lowest BCUT2D eigenvalue weighted by Crippen LogP contribution is -2.13. The molecule has 12 heteroatoms. The lowest BCUT2D eigenvalue weighted by molar-refractivity contribution is 0.102. The van der Waals surface area contributed by atoms with Crippen LogP contribution in [0.15, 0.2) is 89.8 Å². The van der Waals surface area contributed by atoms with E-state index in [1.807, 2.05) is 24.3 Å². The highest BCUT2D eigenvalue weighted by atomic mass is 35.5. The van der Waals surface area contributed by atoms with Gasteiger partial charge in [-0.05, 0) is 48.5 Å². The Balaban J connectivity index is 1.42. The van der Waals surface area contributed by atoms with E-state index < -0.39 is 11.0 Å². The third kappa shape index (κ3) is 6.68. The number of para-hydroxylation sites is 2. The Kier molecular flexibility index (Phi) is 8.53. The smallest absolute Gasteiger partial charge is 0.255 e. The molecule has 41 heavy (non-hydrogen) atoms. The third-order valence-corrected chi connectivity index (χ3v) is 7.66. The van der Waals surface area contributed by atoms with Gasteiger partial charge in [-0.3, -0.25) is 9.52 Å². The fourth-order valence-corrected chi connectivity index (χ4v) is 5.02. The highest BCUT2D eigenvalue weighted by molar-refractivity contribution is 7.86. The molecule has 0 radical (unpaired) electrons. The van der Waals surface area contributed by atoms with Gasteiger partial charge in [-0.25, -0.2) is 14.2 Å². The van der Waals surface area contributed by atoms with Crippen LogP contribution in [-0.2, 0) is 11.0 Å². The van der Waals surface area contributed by atoms with Crippen LogP contribution in [0.3, 0.4) is 0 Å². The Labute approximate surface area is 248 Å². The Hall–Kier alpha value is -4.38. The van der Waals surface area contributed by atoms with Crippen molar-refractivity contribution in [3.05, 3.63) is 101 Å². The molecule has 1 heterocycles. The van der Waals surface area contributed by atoms with Crippen molar-refractivity contribution in [3.63, 3.8) is 0 Å². The van der Waals surface area contributed by atoms with Crippen LogP contribution in [0.4, 0.5) is 23.0 Å². The van der Waals surface area contributed by atoms with Gasteiger partial charge in [0.25, 0.3) is 5.91 Å². The molecule has 0 spiro atoms. The zero-order valence-electron chi connectivity index (χ0n) is 21.8. The maximum absolute atomic E-state index is 13.5. The summed E-state index contributed by atoms with van der Waals surface area (Å²) >= 11 is 12.0. The first-order valence-electron chi connectivity index (χ1n) is 12.1. The Bertz CT molecular complexity index is 1760. The number of anilines is 4. The fourth-order valence-electron chi connectivity index (χ4n) is 3.85. The molecule has 208 valence electrons. The van der Waals surface area contributed by atoms with Crippen LogP contribution in [0.2, 0.25) is 10.0 Å². The summed E-state index contributed by atoms with van der Waals surface area (Å²) in [5, 5.41) is 6.63. The zero-order valence-corrected chi connectivity index (χ0v) is 24.1. The fraction of sp³-hybridized carbons (Fsp3) is 0.0690. The highest BCUT2D eigenvalue weighted by Gasteiger charge is 2.15. The first-order chi connectivity index (χ1) is 19.8. The third-order valence-electron chi connectivity index (χ3n) is 5.86. The van der Waals surface area contributed by atoms with E-state index in [-0.39, 0.29) is 16.7 Å². The lowest BCUT2D eigenvalue weighted by atomic mass is 10.2. The number of hydrogen-bond donors (Lipinski definition) is 3. The molecule has 0 aliphatic rings. The summed E-state index contributed by atoms with van der Waals surface area (Å²) in [6, 6.07) is 23.9. The summed E-state index contributed by atoms with van der Waals surface area (Å²) in [7, 11) is 1.36. The maximum Gasteiger partial charge on any atom is 0.255 e. The second kappa shape index (κ2) is 12.4. The van der Waals surface area contributed by atoms with Gasteiger partial charge in [0.05, 0.1) is 40.2 Å². The van der Waals surface area contributed by atoms with Crippen LogP contribution in [-0.4, -0.2) is 34.3 Å². The molecule has 1 aromatic heterocycles. The predicted octanol–water partition coefficient (Wildman–Crippen LogP) is 7.08. The average molecular weight is 609 g/mol. The number of fused-ring (bicyclic) bond motifs is 1. The molecular weight excluding hydrogens is 585 g/mol. The van der Waals surface area contributed by atoms with Crippen molar-refractivity contribution in [2.75, 3.05) is 29.6 Å². The van der Waals surface area contributed by atoms with Crippen molar-refractivity contribution < 1.29 is 18.5 Å². The number of carbonyl (C=O) groups is 1. The van der Waals surface area contributed by atoms with Crippen molar-refractivity contribution in [2.45, 2.75) is 4.90 Å². The molecule has 1 atom stereocenters. The maximum atomic E-state index is 13.5. The van der Waals surface area contributed by atoms with Crippen LogP contribution in [0.25, 0.3) is 11.0 Å². The van der Waals surface area contributed by atoms with E-state index in [2.05, 4.69) is 20.3 Å². The highest BCUT2D eigenvalue weighted by Crippen LogP contribution is 2.31. The van der Waals surface area contributed by atoms with Crippen LogP contribution in [0, 0.1) is 0 Å². The predicted molar refractivity (Wildman–Crippen MR) is 163 cm³/mol. The second-order valence-electron chi connectivity index (χ2n) is 8.62. The number of ether oxygens (including phenoxy) is 2. The molecule has 0 fully saturated rings. The Morgan fingerprint density at radius 2 is 1.44 bits per heavy atom. The summed E-state index contributed by atoms with van der Waals surface area (Å²) < 4.78 is 27.2. The zero-order chi connectivity index (χ0) is 28.9. The molecule has 5 rings (SSSR count). The van der Waals surface area contributed by atoms with Gasteiger partial charge in [0.15, 0.2) is 22.6 Å². The molecule has 4 aromatic carbocycles. The molecule has 0 saturated carbocycles. The first kappa shape index (κ1) is 28.2. The van der Waals surface area contributed by atoms with Crippen LogP contribution < -0.4 is 24.8 Å². The van der Waals surface area contributed by atoms with Crippen molar-refractivity contribution in [2.24, 2.45) is 0 Å². The minimum absolute atomic E-state index is 0.258. The van der Waals surface area contributed by atoms with Gasteiger partial charge in [-0.2, -0.15) is 0 Å². The topological polar surface area (TPSA) is 114 Å². The minimum atomic E-state index is -1.77. The van der Waals surface area contributed by atoms with E-state index in [9.17, 15) is 9.00 Å². The van der Waals surface area contributed by atoms with Crippen molar-refractivity contribution in [1.29, 1.82) is 0 Å². The molecular formula is C29H23Cl2N5O4S. The van der Waals surface area contributed by atoms with E-state index in [4.69, 9.17) is 37.7 Å². The van der Waals surface area contributed by atoms with Crippen LogP contribution in [0.1, 0.15) is 10.4 Å². The number of amides is 1. The van der Waals surface area contributed by atoms with E-state index in [1.54, 1.807) is 68.8 Å². The number of aromatic nitrogens is 2. The van der Waals surface area contributed by atoms with E-state index in [1.165, 1.54) is 6.07 Å². The normalized spacial score (nSPS) is 11.5. The second-order valence-corrected chi connectivity index (χ2v) is 10.6. The molecule has 9 nitrogen and oxygen atoms in total. The molecule has 0 aliphatic heterocycles. The number of hydrogen-bond acceptors (Lipinski definition) is 7. The molecule has 1 unspecified atom stereocenters. The number of nitrogens with zero attached hydrogens (tertiary/aromatic N) is 2. The summed E-state index contributed by atoms with van der Waals surface area (Å²) in [6.45, 7) is 0. The molecule has 0 aliphatic carbocycles. The molecule has 0 bridgehead atoms. The monoisotopic (exact) mass is 607 g/mol. The summed E-state index contributed by atoms with van der Waals surface area (Å²) in [4.78, 5) is 22.5. The molecule has 1 amide bonds. The van der Waals surface area contributed by atoms with Crippen LogP contribution >= 0.6 is 23.2 Å². The molecule has 3 N–H and O–H groups in total. The summed E-state index contributed by atoms with van der Waals surface area (Å²) in [5.74, 6) is 1.38. The van der Waals surface area contributed by atoms with E-state index >= 15 is 0 Å². The van der Waals surface area contributed by atoms with Gasteiger partial charge in [0.1, 0.15) is 11.5 Å². The number of carbonyl (C=O) groups excluding carboxylic acids is 1. The Morgan fingerprint density at radius 3 is 2.10 bits per heavy atom. The number of rotatable bonds is 9. The minimum Gasteiger partial charge on any atom is -0.497 e. The van der Waals surface area contributed by atoms with Crippen molar-refractivity contribution in [3.8, 4) is 11.5 Å². The van der Waals surface area contributed by atoms with Gasteiger partial charge in [0.2, 0.25) is 0 Å². The van der Waals surface area contributed by atoms with E-state index in [0.717, 1.165) is 0 Å². The number of nitrogens with one attached hydrogen (secondary N) is 3.